The number of hydrogen-bond donors (Lipinski definition) is 1. The second-order valence-corrected chi connectivity index (χ2v) is 6.50. The molecule has 2 aliphatic rings. The average molecular weight is 340 g/mol. The maximum atomic E-state index is 12.3. The van der Waals surface area contributed by atoms with Gasteiger partial charge >= 0.3 is 0 Å². The smallest absolute Gasteiger partial charge is 0.251 e. The van der Waals surface area contributed by atoms with Crippen LogP contribution in [-0.4, -0.2) is 68.3 Å². The van der Waals surface area contributed by atoms with Gasteiger partial charge in [0.05, 0.1) is 5.02 Å². The molecule has 0 saturated carbocycles. The summed E-state index contributed by atoms with van der Waals surface area (Å²) >= 11 is 6.12. The highest BCUT2D eigenvalue weighted by Gasteiger charge is 2.22. The number of carbonyl (C=O) groups is 1. The van der Waals surface area contributed by atoms with E-state index >= 15 is 0 Å². The number of amides is 1. The van der Waals surface area contributed by atoms with Gasteiger partial charge in [-0.25, -0.2) is 0 Å². The van der Waals surface area contributed by atoms with Crippen molar-refractivity contribution in [3.05, 3.63) is 22.7 Å². The van der Waals surface area contributed by atoms with Gasteiger partial charge < -0.3 is 19.7 Å². The first-order valence-electron chi connectivity index (χ1n) is 7.84. The number of nitrogens with zero attached hydrogens (tertiary/aromatic N) is 2. The molecular formula is C16H22ClN3O3. The van der Waals surface area contributed by atoms with Gasteiger partial charge in [-0.1, -0.05) is 11.6 Å². The highest BCUT2D eigenvalue weighted by atomic mass is 35.5. The topological polar surface area (TPSA) is 54.0 Å². The number of fused-ring (bicyclic) bond motifs is 1. The van der Waals surface area contributed by atoms with E-state index in [0.29, 0.717) is 34.7 Å². The van der Waals surface area contributed by atoms with Crippen LogP contribution in [0.3, 0.4) is 0 Å². The van der Waals surface area contributed by atoms with Crippen molar-refractivity contribution in [1.29, 1.82) is 0 Å². The number of likely N-dealkylation sites (N-methyl/N-ethyl adjacent to an activating group) is 1. The Morgan fingerprint density at radius 3 is 2.78 bits per heavy atom. The van der Waals surface area contributed by atoms with Gasteiger partial charge in [-0.3, -0.25) is 9.69 Å². The molecule has 1 aromatic carbocycles. The first kappa shape index (κ1) is 16.4. The van der Waals surface area contributed by atoms with Gasteiger partial charge in [-0.05, 0) is 26.1 Å². The van der Waals surface area contributed by atoms with Crippen LogP contribution in [0.4, 0.5) is 0 Å². The van der Waals surface area contributed by atoms with Crippen molar-refractivity contribution in [2.45, 2.75) is 13.0 Å². The fraction of sp³-hybridized carbons (Fsp3) is 0.562. The molecule has 2 heterocycles. The average Bonchev–Trinajstić information content (AvgIpc) is 3.02. The quantitative estimate of drug-likeness (QED) is 0.899. The van der Waals surface area contributed by atoms with Crippen LogP contribution < -0.4 is 14.8 Å². The number of hydrogen-bond acceptors (Lipinski definition) is 5. The van der Waals surface area contributed by atoms with E-state index in [1.807, 2.05) is 0 Å². The van der Waals surface area contributed by atoms with Crippen molar-refractivity contribution >= 4 is 17.5 Å². The number of benzene rings is 1. The molecule has 1 amide bonds. The molecule has 7 heteroatoms. The van der Waals surface area contributed by atoms with Crippen molar-refractivity contribution < 1.29 is 14.3 Å². The molecule has 1 fully saturated rings. The fourth-order valence-electron chi connectivity index (χ4n) is 2.83. The number of nitrogens with one attached hydrogen (secondary N) is 1. The lowest BCUT2D eigenvalue weighted by Crippen LogP contribution is -2.51. The summed E-state index contributed by atoms with van der Waals surface area (Å²) < 4.78 is 10.6. The molecule has 0 aliphatic carbocycles. The molecule has 1 atom stereocenters. The molecule has 0 radical (unpaired) electrons. The summed E-state index contributed by atoms with van der Waals surface area (Å²) in [5.41, 5.74) is 0.491. The van der Waals surface area contributed by atoms with Gasteiger partial charge in [-0.2, -0.15) is 0 Å². The van der Waals surface area contributed by atoms with Crippen LogP contribution >= 0.6 is 11.6 Å². The maximum absolute atomic E-state index is 12.3. The van der Waals surface area contributed by atoms with Gasteiger partial charge in [0.1, 0.15) is 0 Å². The van der Waals surface area contributed by atoms with Gasteiger partial charge in [0, 0.05) is 44.3 Å². The van der Waals surface area contributed by atoms with Crippen molar-refractivity contribution in [1.82, 2.24) is 15.1 Å². The Kier molecular flexibility index (Phi) is 4.94. The van der Waals surface area contributed by atoms with Crippen molar-refractivity contribution in [2.24, 2.45) is 0 Å². The highest BCUT2D eigenvalue weighted by molar-refractivity contribution is 6.32. The minimum Gasteiger partial charge on any atom is -0.454 e. The van der Waals surface area contributed by atoms with E-state index in [4.69, 9.17) is 21.1 Å². The minimum atomic E-state index is -0.147. The summed E-state index contributed by atoms with van der Waals surface area (Å²) in [5, 5.41) is 3.38. The van der Waals surface area contributed by atoms with E-state index < -0.39 is 0 Å². The summed E-state index contributed by atoms with van der Waals surface area (Å²) in [7, 11) is 2.13. The number of ether oxygens (including phenoxy) is 2. The summed E-state index contributed by atoms with van der Waals surface area (Å²) in [6, 6.07) is 3.59. The first-order valence-corrected chi connectivity index (χ1v) is 8.22. The van der Waals surface area contributed by atoms with Crippen LogP contribution in [0, 0.1) is 0 Å². The summed E-state index contributed by atoms with van der Waals surface area (Å²) in [6.45, 7) is 7.08. The Labute approximate surface area is 141 Å². The van der Waals surface area contributed by atoms with Crippen molar-refractivity contribution in [3.63, 3.8) is 0 Å². The van der Waals surface area contributed by atoms with Crippen LogP contribution in [0.1, 0.15) is 17.3 Å². The second kappa shape index (κ2) is 6.95. The minimum absolute atomic E-state index is 0.139. The lowest BCUT2D eigenvalue weighted by atomic mass is 10.1. The third-order valence-electron chi connectivity index (χ3n) is 4.41. The highest BCUT2D eigenvalue weighted by Crippen LogP contribution is 2.39. The van der Waals surface area contributed by atoms with Crippen LogP contribution in [0.15, 0.2) is 12.1 Å². The lowest BCUT2D eigenvalue weighted by molar-refractivity contribution is 0.0903. The van der Waals surface area contributed by atoms with E-state index in [1.54, 1.807) is 12.1 Å². The molecule has 0 spiro atoms. The molecule has 3 rings (SSSR count). The molecule has 126 valence electrons. The third-order valence-corrected chi connectivity index (χ3v) is 4.69. The van der Waals surface area contributed by atoms with Gasteiger partial charge in [-0.15, -0.1) is 0 Å². The molecule has 0 bridgehead atoms. The Morgan fingerprint density at radius 2 is 2.04 bits per heavy atom. The summed E-state index contributed by atoms with van der Waals surface area (Å²) in [6.07, 6.45) is 0. The predicted molar refractivity (Wildman–Crippen MR) is 88.4 cm³/mol. The van der Waals surface area contributed by atoms with Crippen molar-refractivity contribution in [2.75, 3.05) is 46.6 Å². The van der Waals surface area contributed by atoms with E-state index in [2.05, 4.69) is 29.1 Å². The van der Waals surface area contributed by atoms with Crippen LogP contribution in [-0.2, 0) is 0 Å². The Bertz CT molecular complexity index is 588. The summed E-state index contributed by atoms with van der Waals surface area (Å²) in [4.78, 5) is 17.1. The summed E-state index contributed by atoms with van der Waals surface area (Å²) in [5.74, 6) is 0.884. The molecule has 6 nitrogen and oxygen atoms in total. The monoisotopic (exact) mass is 339 g/mol. The molecule has 0 unspecified atom stereocenters. The van der Waals surface area contributed by atoms with E-state index in [-0.39, 0.29) is 12.7 Å². The number of rotatable bonds is 4. The largest absolute Gasteiger partial charge is 0.454 e. The Hall–Kier alpha value is -1.50. The lowest BCUT2D eigenvalue weighted by Gasteiger charge is -2.36. The van der Waals surface area contributed by atoms with Crippen LogP contribution in [0.5, 0.6) is 11.5 Å². The number of piperazine rings is 1. The van der Waals surface area contributed by atoms with Gasteiger partial charge in [0.2, 0.25) is 6.79 Å². The SMILES string of the molecule is C[C@H](CNC(=O)c1cc(Cl)c2c(c1)OCO2)N1CCN(C)CC1. The Balaban J connectivity index is 1.56. The molecule has 1 N–H and O–H groups in total. The van der Waals surface area contributed by atoms with Gasteiger partial charge in [0.25, 0.3) is 5.91 Å². The first-order chi connectivity index (χ1) is 11.0. The number of carbonyl (C=O) groups excluding carboxylic acids is 1. The molecule has 2 aliphatic heterocycles. The zero-order valence-corrected chi connectivity index (χ0v) is 14.2. The van der Waals surface area contributed by atoms with E-state index in [0.717, 1.165) is 26.2 Å². The molecular weight excluding hydrogens is 318 g/mol. The number of halogens is 1. The molecule has 1 aromatic rings. The third kappa shape index (κ3) is 3.71. The maximum Gasteiger partial charge on any atom is 0.251 e. The molecule has 0 aromatic heterocycles. The zero-order chi connectivity index (χ0) is 16.4. The zero-order valence-electron chi connectivity index (χ0n) is 13.5. The Morgan fingerprint density at radius 1 is 1.30 bits per heavy atom. The standard InChI is InChI=1S/C16H22ClN3O3/c1-11(20-5-3-19(2)4-6-20)9-18-16(21)12-7-13(17)15-14(8-12)22-10-23-15/h7-8,11H,3-6,9-10H2,1-2H3,(H,18,21)/t11-/m1/s1. The molecule has 1 saturated heterocycles. The fourth-order valence-corrected chi connectivity index (χ4v) is 3.10. The second-order valence-electron chi connectivity index (χ2n) is 6.09. The van der Waals surface area contributed by atoms with Crippen molar-refractivity contribution in [3.8, 4) is 11.5 Å². The van der Waals surface area contributed by atoms with Crippen LogP contribution in [0.25, 0.3) is 0 Å². The van der Waals surface area contributed by atoms with Gasteiger partial charge in [0.15, 0.2) is 11.5 Å². The molecule has 23 heavy (non-hydrogen) atoms. The predicted octanol–water partition coefficient (Wildman–Crippen LogP) is 1.43. The van der Waals surface area contributed by atoms with E-state index in [9.17, 15) is 4.79 Å². The normalized spacial score (nSPS) is 19.6. The van der Waals surface area contributed by atoms with Crippen LogP contribution in [0.2, 0.25) is 5.02 Å². The van der Waals surface area contributed by atoms with E-state index in [1.165, 1.54) is 0 Å².